The molecular formula is C13H11FN2O. The smallest absolute Gasteiger partial charge is 0.235 e. The van der Waals surface area contributed by atoms with Gasteiger partial charge in [0.25, 0.3) is 0 Å². The summed E-state index contributed by atoms with van der Waals surface area (Å²) in [5, 5.41) is 0.842. The third-order valence-electron chi connectivity index (χ3n) is 3.33. The summed E-state index contributed by atoms with van der Waals surface area (Å²) < 4.78 is 14.0. The quantitative estimate of drug-likeness (QED) is 0.625. The van der Waals surface area contributed by atoms with Crippen molar-refractivity contribution in [3.63, 3.8) is 0 Å². The van der Waals surface area contributed by atoms with E-state index >= 15 is 0 Å². The average Bonchev–Trinajstić information content (AvgIpc) is 2.94. The number of aromatic amines is 1. The van der Waals surface area contributed by atoms with Crippen molar-refractivity contribution in [2.24, 2.45) is 4.99 Å². The number of nitrogens with zero attached hydrogens (tertiary/aromatic N) is 1. The van der Waals surface area contributed by atoms with E-state index in [1.54, 1.807) is 12.1 Å². The molecule has 17 heavy (non-hydrogen) atoms. The van der Waals surface area contributed by atoms with Crippen molar-refractivity contribution in [1.29, 1.82) is 0 Å². The van der Waals surface area contributed by atoms with Gasteiger partial charge in [0, 0.05) is 22.2 Å². The number of carbonyl (C=O) groups excluding carboxylic acids is 1. The first-order chi connectivity index (χ1) is 8.14. The predicted octanol–water partition coefficient (Wildman–Crippen LogP) is 2.94. The molecule has 0 atom stereocenters. The van der Waals surface area contributed by atoms with E-state index in [-0.39, 0.29) is 5.82 Å². The van der Waals surface area contributed by atoms with Gasteiger partial charge in [-0.2, -0.15) is 4.99 Å². The number of hydrogen-bond acceptors (Lipinski definition) is 2. The number of aromatic nitrogens is 1. The SMILES string of the molecule is Cc1cc2cc(F)c(C3(N=C=O)CC3)cc2[nH]1. The minimum atomic E-state index is -0.654. The molecule has 2 aromatic rings. The van der Waals surface area contributed by atoms with Crippen LogP contribution in [-0.4, -0.2) is 11.1 Å². The Morgan fingerprint density at radius 3 is 2.82 bits per heavy atom. The van der Waals surface area contributed by atoms with Crippen LogP contribution in [0.4, 0.5) is 4.39 Å². The standard InChI is InChI=1S/C13H11FN2O/c1-8-4-9-5-11(14)10(6-12(9)16-8)13(2-3-13)15-7-17/h4-6,16H,2-3H2,1H3. The number of aryl methyl sites for hydroxylation is 1. The topological polar surface area (TPSA) is 45.2 Å². The summed E-state index contributed by atoms with van der Waals surface area (Å²) in [6.07, 6.45) is 2.97. The Balaban J connectivity index is 2.23. The highest BCUT2D eigenvalue weighted by molar-refractivity contribution is 5.81. The molecule has 3 nitrogen and oxygen atoms in total. The van der Waals surface area contributed by atoms with Gasteiger partial charge in [0.15, 0.2) is 0 Å². The first-order valence-corrected chi connectivity index (χ1v) is 5.53. The van der Waals surface area contributed by atoms with Crippen LogP contribution in [0.5, 0.6) is 0 Å². The number of H-pyrrole nitrogens is 1. The first kappa shape index (κ1) is 10.2. The lowest BCUT2D eigenvalue weighted by molar-refractivity contribution is 0.548. The molecule has 3 rings (SSSR count). The third-order valence-corrected chi connectivity index (χ3v) is 3.33. The lowest BCUT2D eigenvalue weighted by Crippen LogP contribution is -2.05. The highest BCUT2D eigenvalue weighted by Gasteiger charge is 2.46. The van der Waals surface area contributed by atoms with E-state index < -0.39 is 5.54 Å². The fourth-order valence-corrected chi connectivity index (χ4v) is 2.30. The number of hydrogen-bond donors (Lipinski definition) is 1. The van der Waals surface area contributed by atoms with Crippen LogP contribution in [-0.2, 0) is 10.3 Å². The number of isocyanates is 1. The largest absolute Gasteiger partial charge is 0.359 e. The summed E-state index contributed by atoms with van der Waals surface area (Å²) in [6.45, 7) is 1.92. The molecule has 1 aliphatic carbocycles. The van der Waals surface area contributed by atoms with E-state index in [4.69, 9.17) is 0 Å². The van der Waals surface area contributed by atoms with Gasteiger partial charge in [-0.25, -0.2) is 9.18 Å². The summed E-state index contributed by atoms with van der Waals surface area (Å²) in [4.78, 5) is 17.3. The van der Waals surface area contributed by atoms with Crippen molar-refractivity contribution in [2.45, 2.75) is 25.3 Å². The molecule has 0 unspecified atom stereocenters. The van der Waals surface area contributed by atoms with Crippen molar-refractivity contribution in [3.05, 3.63) is 35.3 Å². The zero-order chi connectivity index (χ0) is 12.0. The minimum Gasteiger partial charge on any atom is -0.359 e. The predicted molar refractivity (Wildman–Crippen MR) is 62.0 cm³/mol. The second-order valence-electron chi connectivity index (χ2n) is 4.61. The van der Waals surface area contributed by atoms with Crippen LogP contribution in [0.1, 0.15) is 24.1 Å². The monoisotopic (exact) mass is 230 g/mol. The minimum absolute atomic E-state index is 0.298. The van der Waals surface area contributed by atoms with Crippen LogP contribution in [0.3, 0.4) is 0 Å². The summed E-state index contributed by atoms with van der Waals surface area (Å²) in [5.74, 6) is -0.298. The van der Waals surface area contributed by atoms with Gasteiger partial charge in [0.05, 0.1) is 0 Å². The van der Waals surface area contributed by atoms with E-state index in [0.717, 1.165) is 16.6 Å². The average molecular weight is 230 g/mol. The van der Waals surface area contributed by atoms with E-state index in [9.17, 15) is 9.18 Å². The van der Waals surface area contributed by atoms with Crippen molar-refractivity contribution < 1.29 is 9.18 Å². The van der Waals surface area contributed by atoms with Crippen LogP contribution in [0.15, 0.2) is 23.2 Å². The first-order valence-electron chi connectivity index (χ1n) is 5.53. The van der Waals surface area contributed by atoms with Gasteiger partial charge in [-0.15, -0.1) is 0 Å². The second-order valence-corrected chi connectivity index (χ2v) is 4.61. The highest BCUT2D eigenvalue weighted by Crippen LogP contribution is 2.50. The fraction of sp³-hybridized carbons (Fsp3) is 0.308. The zero-order valence-electron chi connectivity index (χ0n) is 9.38. The van der Waals surface area contributed by atoms with Crippen LogP contribution in [0, 0.1) is 12.7 Å². The van der Waals surface area contributed by atoms with Gasteiger partial charge in [0.1, 0.15) is 11.4 Å². The molecule has 1 aliphatic rings. The number of benzene rings is 1. The number of nitrogens with one attached hydrogen (secondary N) is 1. The Morgan fingerprint density at radius 1 is 1.41 bits per heavy atom. The second kappa shape index (κ2) is 3.28. The van der Waals surface area contributed by atoms with Crippen LogP contribution < -0.4 is 0 Å². The van der Waals surface area contributed by atoms with E-state index in [1.807, 2.05) is 13.0 Å². The molecule has 1 fully saturated rings. The van der Waals surface area contributed by atoms with Crippen LogP contribution >= 0.6 is 0 Å². The maximum Gasteiger partial charge on any atom is 0.235 e. The molecule has 0 saturated heterocycles. The van der Waals surface area contributed by atoms with Crippen molar-refractivity contribution in [3.8, 4) is 0 Å². The zero-order valence-corrected chi connectivity index (χ0v) is 9.38. The molecular weight excluding hydrogens is 219 g/mol. The van der Waals surface area contributed by atoms with Crippen LogP contribution in [0.2, 0.25) is 0 Å². The van der Waals surface area contributed by atoms with E-state index in [2.05, 4.69) is 9.98 Å². The molecule has 0 amide bonds. The Kier molecular flexibility index (Phi) is 1.98. The molecule has 1 N–H and O–H groups in total. The van der Waals surface area contributed by atoms with Crippen molar-refractivity contribution >= 4 is 17.0 Å². The third kappa shape index (κ3) is 1.49. The van der Waals surface area contributed by atoms with Crippen molar-refractivity contribution in [2.75, 3.05) is 0 Å². The number of halogens is 1. The van der Waals surface area contributed by atoms with E-state index in [1.165, 1.54) is 6.07 Å². The molecule has 1 saturated carbocycles. The van der Waals surface area contributed by atoms with E-state index in [0.29, 0.717) is 18.4 Å². The van der Waals surface area contributed by atoms with Gasteiger partial charge in [0.2, 0.25) is 6.08 Å². The number of aliphatic imine (C=N–C) groups is 1. The molecule has 4 heteroatoms. The lowest BCUT2D eigenvalue weighted by Gasteiger charge is -2.09. The maximum absolute atomic E-state index is 14.0. The maximum atomic E-state index is 14.0. The van der Waals surface area contributed by atoms with Gasteiger partial charge in [-0.05, 0) is 38.0 Å². The van der Waals surface area contributed by atoms with Gasteiger partial charge in [-0.3, -0.25) is 0 Å². The molecule has 0 bridgehead atoms. The molecule has 0 aliphatic heterocycles. The fourth-order valence-electron chi connectivity index (χ4n) is 2.30. The molecule has 1 aromatic heterocycles. The number of rotatable bonds is 2. The van der Waals surface area contributed by atoms with Gasteiger partial charge >= 0.3 is 0 Å². The lowest BCUT2D eigenvalue weighted by atomic mass is 10.0. The molecule has 1 aromatic carbocycles. The van der Waals surface area contributed by atoms with Gasteiger partial charge < -0.3 is 4.98 Å². The Bertz CT molecular complexity index is 649. The highest BCUT2D eigenvalue weighted by atomic mass is 19.1. The summed E-state index contributed by atoms with van der Waals surface area (Å²) >= 11 is 0. The normalized spacial score (nSPS) is 16.8. The molecule has 0 radical (unpaired) electrons. The summed E-state index contributed by atoms with van der Waals surface area (Å²) in [5.41, 5.74) is 1.71. The Morgan fingerprint density at radius 2 is 2.18 bits per heavy atom. The molecule has 1 heterocycles. The summed E-state index contributed by atoms with van der Waals surface area (Å²) in [7, 11) is 0. The Hall–Kier alpha value is -1.93. The number of fused-ring (bicyclic) bond motifs is 1. The van der Waals surface area contributed by atoms with Crippen molar-refractivity contribution in [1.82, 2.24) is 4.98 Å². The Labute approximate surface area is 97.4 Å². The van der Waals surface area contributed by atoms with Gasteiger partial charge in [-0.1, -0.05) is 0 Å². The van der Waals surface area contributed by atoms with Crippen LogP contribution in [0.25, 0.3) is 10.9 Å². The summed E-state index contributed by atoms with van der Waals surface area (Å²) in [6, 6.07) is 5.14. The molecule has 0 spiro atoms. The molecule has 86 valence electrons.